The highest BCUT2D eigenvalue weighted by molar-refractivity contribution is 6.38. The first-order valence-electron chi connectivity index (χ1n) is 7.92. The molecule has 0 spiro atoms. The van der Waals surface area contributed by atoms with Gasteiger partial charge in [0.25, 0.3) is 5.91 Å². The molecule has 4 nitrogen and oxygen atoms in total. The lowest BCUT2D eigenvalue weighted by Crippen LogP contribution is -2.11. The molecular formula is C20H11Cl3N2O2. The van der Waals surface area contributed by atoms with Gasteiger partial charge in [-0.15, -0.1) is 0 Å². The van der Waals surface area contributed by atoms with Crippen molar-refractivity contribution in [3.8, 4) is 11.5 Å². The summed E-state index contributed by atoms with van der Waals surface area (Å²) in [5.74, 6) is 0.176. The molecule has 1 aromatic heterocycles. The molecule has 1 N–H and O–H groups in total. The van der Waals surface area contributed by atoms with Crippen molar-refractivity contribution in [1.82, 2.24) is 4.98 Å². The molecule has 0 saturated carbocycles. The first-order chi connectivity index (χ1) is 13.0. The van der Waals surface area contributed by atoms with Crippen molar-refractivity contribution in [3.05, 3.63) is 81.3 Å². The minimum absolute atomic E-state index is 0.242. The molecule has 0 radical (unpaired) electrons. The van der Waals surface area contributed by atoms with Gasteiger partial charge in [-0.3, -0.25) is 4.79 Å². The van der Waals surface area contributed by atoms with Gasteiger partial charge in [-0.05, 0) is 54.6 Å². The van der Waals surface area contributed by atoms with E-state index in [4.69, 9.17) is 39.2 Å². The van der Waals surface area contributed by atoms with Crippen LogP contribution in [0, 0.1) is 0 Å². The number of nitrogens with zero attached hydrogens (tertiary/aromatic N) is 1. The molecule has 27 heavy (non-hydrogen) atoms. The van der Waals surface area contributed by atoms with Crippen molar-refractivity contribution in [2.75, 3.05) is 5.32 Å². The van der Waals surface area contributed by atoms with Crippen molar-refractivity contribution in [3.63, 3.8) is 0 Å². The van der Waals surface area contributed by atoms with Crippen LogP contribution >= 0.6 is 34.8 Å². The maximum atomic E-state index is 12.3. The normalized spacial score (nSPS) is 10.9. The highest BCUT2D eigenvalue weighted by atomic mass is 35.5. The van der Waals surface area contributed by atoms with E-state index in [0.717, 1.165) is 5.56 Å². The zero-order valence-corrected chi connectivity index (χ0v) is 15.9. The van der Waals surface area contributed by atoms with Crippen molar-refractivity contribution in [2.24, 2.45) is 0 Å². The third-order valence-corrected chi connectivity index (χ3v) is 4.62. The Labute approximate surface area is 169 Å². The quantitative estimate of drug-likeness (QED) is 0.403. The number of amides is 1. The first-order valence-corrected chi connectivity index (χ1v) is 9.06. The summed E-state index contributed by atoms with van der Waals surface area (Å²) in [5.41, 5.74) is 2.94. The summed E-state index contributed by atoms with van der Waals surface area (Å²) in [6, 6.07) is 17.2. The molecule has 1 heterocycles. The van der Waals surface area contributed by atoms with E-state index in [-0.39, 0.29) is 5.91 Å². The molecular weight excluding hydrogens is 407 g/mol. The molecule has 134 valence electrons. The second kappa shape index (κ2) is 7.24. The van der Waals surface area contributed by atoms with Crippen LogP contribution in [-0.4, -0.2) is 10.9 Å². The fourth-order valence-corrected chi connectivity index (χ4v) is 3.32. The molecule has 0 aliphatic rings. The van der Waals surface area contributed by atoms with Gasteiger partial charge < -0.3 is 9.73 Å². The van der Waals surface area contributed by atoms with Crippen LogP contribution in [0.5, 0.6) is 0 Å². The summed E-state index contributed by atoms with van der Waals surface area (Å²) < 4.78 is 5.74. The second-order valence-corrected chi connectivity index (χ2v) is 7.08. The standard InChI is InChI=1S/C20H11Cl3N2O2/c21-13-3-1-2-12(8-13)19(26)24-15-6-4-11(5-7-15)20-25-17-10-14(22)9-16(23)18(17)27-20/h1-10H,(H,24,26). The fraction of sp³-hybridized carbons (Fsp3) is 0. The van der Waals surface area contributed by atoms with Gasteiger partial charge in [-0.1, -0.05) is 40.9 Å². The molecule has 0 aliphatic heterocycles. The largest absolute Gasteiger partial charge is 0.435 e. The van der Waals surface area contributed by atoms with E-state index in [1.165, 1.54) is 0 Å². The molecule has 0 unspecified atom stereocenters. The summed E-state index contributed by atoms with van der Waals surface area (Å²) in [6.45, 7) is 0. The maximum absolute atomic E-state index is 12.3. The van der Waals surface area contributed by atoms with E-state index in [0.29, 0.717) is 43.3 Å². The smallest absolute Gasteiger partial charge is 0.255 e. The number of aromatic nitrogens is 1. The highest BCUT2D eigenvalue weighted by Gasteiger charge is 2.13. The van der Waals surface area contributed by atoms with Gasteiger partial charge in [-0.2, -0.15) is 0 Å². The number of hydrogen-bond acceptors (Lipinski definition) is 3. The zero-order chi connectivity index (χ0) is 19.0. The molecule has 0 fully saturated rings. The van der Waals surface area contributed by atoms with Crippen LogP contribution < -0.4 is 5.32 Å². The van der Waals surface area contributed by atoms with Gasteiger partial charge in [0.1, 0.15) is 5.52 Å². The predicted octanol–water partition coefficient (Wildman–Crippen LogP) is 6.71. The number of carbonyl (C=O) groups excluding carboxylic acids is 1. The molecule has 0 saturated heterocycles. The first kappa shape index (κ1) is 17.9. The summed E-state index contributed by atoms with van der Waals surface area (Å²) in [6.07, 6.45) is 0. The Kier molecular flexibility index (Phi) is 4.79. The number of rotatable bonds is 3. The Bertz CT molecular complexity index is 1150. The van der Waals surface area contributed by atoms with Gasteiger partial charge in [0.2, 0.25) is 5.89 Å². The molecule has 3 aromatic carbocycles. The molecule has 0 bridgehead atoms. The number of fused-ring (bicyclic) bond motifs is 1. The fourth-order valence-electron chi connectivity index (χ4n) is 2.61. The van der Waals surface area contributed by atoms with Crippen molar-refractivity contribution in [2.45, 2.75) is 0 Å². The van der Waals surface area contributed by atoms with Crippen LogP contribution in [0.3, 0.4) is 0 Å². The maximum Gasteiger partial charge on any atom is 0.255 e. The number of nitrogens with one attached hydrogen (secondary N) is 1. The third kappa shape index (κ3) is 3.78. The monoisotopic (exact) mass is 416 g/mol. The van der Waals surface area contributed by atoms with Gasteiger partial charge >= 0.3 is 0 Å². The Balaban J connectivity index is 1.57. The van der Waals surface area contributed by atoms with E-state index in [1.54, 1.807) is 60.7 Å². The third-order valence-electron chi connectivity index (χ3n) is 3.89. The SMILES string of the molecule is O=C(Nc1ccc(-c2nc3cc(Cl)cc(Cl)c3o2)cc1)c1cccc(Cl)c1. The number of oxazole rings is 1. The Morgan fingerprint density at radius 2 is 1.70 bits per heavy atom. The van der Waals surface area contributed by atoms with Gasteiger partial charge in [0.15, 0.2) is 5.58 Å². The zero-order valence-electron chi connectivity index (χ0n) is 13.7. The second-order valence-electron chi connectivity index (χ2n) is 5.80. The van der Waals surface area contributed by atoms with E-state index in [1.807, 2.05) is 0 Å². The molecule has 0 atom stereocenters. The molecule has 4 aromatic rings. The van der Waals surface area contributed by atoms with E-state index < -0.39 is 0 Å². The van der Waals surface area contributed by atoms with Crippen molar-refractivity contribution in [1.29, 1.82) is 0 Å². The number of benzene rings is 3. The molecule has 0 aliphatic carbocycles. The van der Waals surface area contributed by atoms with E-state index in [2.05, 4.69) is 10.3 Å². The van der Waals surface area contributed by atoms with Crippen LogP contribution in [0.4, 0.5) is 5.69 Å². The van der Waals surface area contributed by atoms with Crippen molar-refractivity contribution >= 4 is 57.5 Å². The number of hydrogen-bond donors (Lipinski definition) is 1. The number of anilines is 1. The van der Waals surface area contributed by atoms with Gasteiger partial charge in [-0.25, -0.2) is 4.98 Å². The molecule has 7 heteroatoms. The number of halogens is 3. The van der Waals surface area contributed by atoms with Crippen LogP contribution in [0.1, 0.15) is 10.4 Å². The van der Waals surface area contributed by atoms with Crippen LogP contribution in [0.2, 0.25) is 15.1 Å². The lowest BCUT2D eigenvalue weighted by molar-refractivity contribution is 0.102. The Hall–Kier alpha value is -2.53. The van der Waals surface area contributed by atoms with E-state index >= 15 is 0 Å². The minimum Gasteiger partial charge on any atom is -0.435 e. The Morgan fingerprint density at radius 1 is 0.926 bits per heavy atom. The predicted molar refractivity (Wildman–Crippen MR) is 109 cm³/mol. The van der Waals surface area contributed by atoms with E-state index in [9.17, 15) is 4.79 Å². The van der Waals surface area contributed by atoms with Gasteiger partial charge in [0, 0.05) is 26.9 Å². The summed E-state index contributed by atoms with van der Waals surface area (Å²) in [5, 5.41) is 4.22. The molecule has 1 amide bonds. The summed E-state index contributed by atoms with van der Waals surface area (Å²) in [4.78, 5) is 16.7. The average molecular weight is 418 g/mol. The van der Waals surface area contributed by atoms with Crippen LogP contribution in [-0.2, 0) is 0 Å². The Morgan fingerprint density at radius 3 is 2.44 bits per heavy atom. The van der Waals surface area contributed by atoms with Crippen molar-refractivity contribution < 1.29 is 9.21 Å². The summed E-state index contributed by atoms with van der Waals surface area (Å²) in [7, 11) is 0. The lowest BCUT2D eigenvalue weighted by atomic mass is 10.2. The van der Waals surface area contributed by atoms with Crippen LogP contribution in [0.25, 0.3) is 22.6 Å². The average Bonchev–Trinajstić information content (AvgIpc) is 3.06. The number of carbonyl (C=O) groups is 1. The van der Waals surface area contributed by atoms with Crippen LogP contribution in [0.15, 0.2) is 65.1 Å². The van der Waals surface area contributed by atoms with Gasteiger partial charge in [0.05, 0.1) is 5.02 Å². The lowest BCUT2D eigenvalue weighted by Gasteiger charge is -2.06. The highest BCUT2D eigenvalue weighted by Crippen LogP contribution is 2.32. The minimum atomic E-state index is -0.242. The topological polar surface area (TPSA) is 55.1 Å². The summed E-state index contributed by atoms with van der Waals surface area (Å²) >= 11 is 18.1. The molecule has 4 rings (SSSR count).